The topological polar surface area (TPSA) is 84.6 Å². The minimum absolute atomic E-state index is 0.0474. The summed E-state index contributed by atoms with van der Waals surface area (Å²) in [5.41, 5.74) is 3.35. The number of phenols is 1. The number of carboxylic acid groups (broad SMARTS) is 1. The largest absolute Gasteiger partial charge is 0.505 e. The zero-order chi connectivity index (χ0) is 20.4. The molecule has 0 aliphatic rings. The number of hydrogen-bond donors (Lipinski definition) is 2. The molecule has 0 bridgehead atoms. The minimum Gasteiger partial charge on any atom is -0.505 e. The van der Waals surface area contributed by atoms with Crippen molar-refractivity contribution in [3.63, 3.8) is 0 Å². The molecule has 29 heavy (non-hydrogen) atoms. The van der Waals surface area contributed by atoms with Crippen molar-refractivity contribution in [3.8, 4) is 28.3 Å². The summed E-state index contributed by atoms with van der Waals surface area (Å²) in [6.07, 6.45) is 1.66. The molecule has 0 fully saturated rings. The summed E-state index contributed by atoms with van der Waals surface area (Å²) in [6, 6.07) is 17.3. The lowest BCUT2D eigenvalue weighted by Gasteiger charge is -2.08. The molecule has 0 aliphatic carbocycles. The number of carboxylic acids is 1. The first-order chi connectivity index (χ1) is 14.0. The van der Waals surface area contributed by atoms with Gasteiger partial charge in [0.05, 0.1) is 30.4 Å². The second-order valence-corrected chi connectivity index (χ2v) is 6.48. The van der Waals surface area contributed by atoms with Gasteiger partial charge in [-0.15, -0.1) is 0 Å². The van der Waals surface area contributed by atoms with E-state index in [0.29, 0.717) is 11.4 Å². The first-order valence-electron chi connectivity index (χ1n) is 8.93. The van der Waals surface area contributed by atoms with Gasteiger partial charge in [-0.3, -0.25) is 4.79 Å². The van der Waals surface area contributed by atoms with E-state index in [1.807, 2.05) is 30.3 Å². The summed E-state index contributed by atoms with van der Waals surface area (Å²) in [6.45, 7) is 0.124. The molecule has 1 aromatic heterocycles. The monoisotopic (exact) mass is 392 g/mol. The van der Waals surface area contributed by atoms with Crippen LogP contribution >= 0.6 is 0 Å². The van der Waals surface area contributed by atoms with Crippen LogP contribution in [-0.4, -0.2) is 32.6 Å². The van der Waals surface area contributed by atoms with E-state index in [-0.39, 0.29) is 13.0 Å². The van der Waals surface area contributed by atoms with Crippen LogP contribution < -0.4 is 4.74 Å². The van der Waals surface area contributed by atoms with Gasteiger partial charge in [-0.05, 0) is 47.5 Å². The van der Waals surface area contributed by atoms with Gasteiger partial charge in [0.15, 0.2) is 11.6 Å². The van der Waals surface area contributed by atoms with Gasteiger partial charge < -0.3 is 14.9 Å². The Hall–Kier alpha value is -3.87. The number of halogens is 1. The molecule has 0 saturated carbocycles. The average molecular weight is 392 g/mol. The van der Waals surface area contributed by atoms with Crippen molar-refractivity contribution in [1.29, 1.82) is 0 Å². The number of rotatable bonds is 6. The van der Waals surface area contributed by atoms with Crippen LogP contribution in [0.1, 0.15) is 6.42 Å². The molecule has 0 spiro atoms. The van der Waals surface area contributed by atoms with Crippen molar-refractivity contribution in [2.24, 2.45) is 0 Å². The first-order valence-corrected chi connectivity index (χ1v) is 8.93. The second kappa shape index (κ2) is 7.63. The molecule has 146 valence electrons. The highest BCUT2D eigenvalue weighted by molar-refractivity contribution is 5.85. The Balaban J connectivity index is 1.58. The standard InChI is InChI=1S/C22H17FN2O4/c23-19-7-4-17(12-21(19)26)25-20-8-3-15(11-16(20)13-24-25)14-1-5-18(6-2-14)29-10-9-22(27)28/h1-8,11-13,26H,9-10H2,(H,27,28). The Kier molecular flexibility index (Phi) is 4.87. The fraction of sp³-hybridized carbons (Fsp3) is 0.0909. The molecule has 1 heterocycles. The summed E-state index contributed by atoms with van der Waals surface area (Å²) >= 11 is 0. The Labute approximate surface area is 165 Å². The van der Waals surface area contributed by atoms with Crippen LogP contribution in [0.3, 0.4) is 0 Å². The normalized spacial score (nSPS) is 10.9. The minimum atomic E-state index is -0.897. The highest BCUT2D eigenvalue weighted by Crippen LogP contribution is 2.28. The fourth-order valence-corrected chi connectivity index (χ4v) is 3.05. The molecule has 2 N–H and O–H groups in total. The van der Waals surface area contributed by atoms with Crippen LogP contribution in [0, 0.1) is 5.82 Å². The lowest BCUT2D eigenvalue weighted by molar-refractivity contribution is -0.137. The number of aliphatic carboxylic acids is 1. The van der Waals surface area contributed by atoms with Gasteiger partial charge in [-0.1, -0.05) is 18.2 Å². The second-order valence-electron chi connectivity index (χ2n) is 6.48. The van der Waals surface area contributed by atoms with E-state index in [0.717, 1.165) is 22.0 Å². The number of aromatic hydroxyl groups is 1. The molecule has 4 aromatic rings. The molecule has 0 unspecified atom stereocenters. The van der Waals surface area contributed by atoms with E-state index in [2.05, 4.69) is 5.10 Å². The predicted octanol–water partition coefficient (Wildman–Crippen LogP) is 4.39. The Morgan fingerprint density at radius 2 is 1.79 bits per heavy atom. The SMILES string of the molecule is O=C(O)CCOc1ccc(-c2ccc3c(cnn3-c3ccc(F)c(O)c3)c2)cc1. The number of phenolic OH excluding ortho intramolecular Hbond substituents is 1. The summed E-state index contributed by atoms with van der Waals surface area (Å²) in [5, 5.41) is 23.5. The van der Waals surface area contributed by atoms with Gasteiger partial charge in [0.25, 0.3) is 0 Å². The summed E-state index contributed by atoms with van der Waals surface area (Å²) in [4.78, 5) is 10.5. The van der Waals surface area contributed by atoms with E-state index in [1.165, 1.54) is 12.1 Å². The van der Waals surface area contributed by atoms with Crippen LogP contribution in [0.4, 0.5) is 4.39 Å². The number of carbonyl (C=O) groups is 1. The molecule has 0 radical (unpaired) electrons. The maximum atomic E-state index is 13.3. The first kappa shape index (κ1) is 18.5. The van der Waals surface area contributed by atoms with Gasteiger partial charge in [0.2, 0.25) is 0 Å². The molecule has 0 amide bonds. The molecule has 4 rings (SSSR count). The molecule has 3 aromatic carbocycles. The zero-order valence-electron chi connectivity index (χ0n) is 15.2. The van der Waals surface area contributed by atoms with E-state index >= 15 is 0 Å². The third-order valence-electron chi connectivity index (χ3n) is 4.51. The van der Waals surface area contributed by atoms with Crippen molar-refractivity contribution in [3.05, 3.63) is 72.7 Å². The molecular formula is C22H17FN2O4. The van der Waals surface area contributed by atoms with E-state index in [9.17, 15) is 14.3 Å². The highest BCUT2D eigenvalue weighted by atomic mass is 19.1. The highest BCUT2D eigenvalue weighted by Gasteiger charge is 2.09. The summed E-state index contributed by atoms with van der Waals surface area (Å²) in [5.74, 6) is -1.39. The Morgan fingerprint density at radius 1 is 1.03 bits per heavy atom. The maximum Gasteiger partial charge on any atom is 0.306 e. The lowest BCUT2D eigenvalue weighted by atomic mass is 10.0. The average Bonchev–Trinajstić information content (AvgIpc) is 3.13. The van der Waals surface area contributed by atoms with E-state index < -0.39 is 17.5 Å². The van der Waals surface area contributed by atoms with Crippen molar-refractivity contribution in [1.82, 2.24) is 9.78 Å². The zero-order valence-corrected chi connectivity index (χ0v) is 15.2. The molecule has 0 saturated heterocycles. The maximum absolute atomic E-state index is 13.3. The predicted molar refractivity (Wildman–Crippen MR) is 106 cm³/mol. The number of aromatic nitrogens is 2. The van der Waals surface area contributed by atoms with Crippen LogP contribution in [0.2, 0.25) is 0 Å². The molecular weight excluding hydrogens is 375 g/mol. The van der Waals surface area contributed by atoms with Crippen LogP contribution in [-0.2, 0) is 4.79 Å². The summed E-state index contributed by atoms with van der Waals surface area (Å²) < 4.78 is 20.4. The van der Waals surface area contributed by atoms with Crippen LogP contribution in [0.15, 0.2) is 66.9 Å². The number of fused-ring (bicyclic) bond motifs is 1. The fourth-order valence-electron chi connectivity index (χ4n) is 3.05. The van der Waals surface area contributed by atoms with Crippen LogP contribution in [0.5, 0.6) is 11.5 Å². The molecule has 7 heteroatoms. The number of hydrogen-bond acceptors (Lipinski definition) is 4. The van der Waals surface area contributed by atoms with Gasteiger partial charge in [-0.25, -0.2) is 9.07 Å². The van der Waals surface area contributed by atoms with Crippen molar-refractivity contribution in [2.45, 2.75) is 6.42 Å². The quantitative estimate of drug-likeness (QED) is 0.508. The smallest absolute Gasteiger partial charge is 0.306 e. The number of nitrogens with zero attached hydrogens (tertiary/aromatic N) is 2. The molecule has 6 nitrogen and oxygen atoms in total. The third-order valence-corrected chi connectivity index (χ3v) is 4.51. The van der Waals surface area contributed by atoms with E-state index in [4.69, 9.17) is 9.84 Å². The van der Waals surface area contributed by atoms with Crippen LogP contribution in [0.25, 0.3) is 27.7 Å². The van der Waals surface area contributed by atoms with Crippen molar-refractivity contribution < 1.29 is 24.1 Å². The number of ether oxygens (including phenoxy) is 1. The molecule has 0 aliphatic heterocycles. The van der Waals surface area contributed by atoms with Gasteiger partial charge in [0, 0.05) is 11.5 Å². The Bertz CT molecular complexity index is 1190. The van der Waals surface area contributed by atoms with Gasteiger partial charge in [0.1, 0.15) is 5.75 Å². The summed E-state index contributed by atoms with van der Waals surface area (Å²) in [7, 11) is 0. The number of benzene rings is 3. The lowest BCUT2D eigenvalue weighted by Crippen LogP contribution is -2.04. The van der Waals surface area contributed by atoms with E-state index in [1.54, 1.807) is 29.1 Å². The van der Waals surface area contributed by atoms with Crippen molar-refractivity contribution >= 4 is 16.9 Å². The van der Waals surface area contributed by atoms with Gasteiger partial charge in [-0.2, -0.15) is 5.10 Å². The van der Waals surface area contributed by atoms with Gasteiger partial charge >= 0.3 is 5.97 Å². The van der Waals surface area contributed by atoms with Crippen molar-refractivity contribution in [2.75, 3.05) is 6.61 Å². The Morgan fingerprint density at radius 3 is 2.52 bits per heavy atom. The molecule has 0 atom stereocenters. The third kappa shape index (κ3) is 3.89.